The molecule has 1 N–H and O–H groups in total. The summed E-state index contributed by atoms with van der Waals surface area (Å²) in [5.41, 5.74) is 0. The minimum atomic E-state index is -0.00671. The van der Waals surface area contributed by atoms with Gasteiger partial charge in [-0.25, -0.2) is 0 Å². The van der Waals surface area contributed by atoms with Gasteiger partial charge in [-0.15, -0.1) is 0 Å². The number of nitrogens with one attached hydrogen (secondary N) is 1. The molecule has 0 unspecified atom stereocenters. The van der Waals surface area contributed by atoms with Crippen molar-refractivity contribution < 1.29 is 4.79 Å². The van der Waals surface area contributed by atoms with E-state index >= 15 is 0 Å². The van der Waals surface area contributed by atoms with Crippen LogP contribution in [0.25, 0.3) is 0 Å². The van der Waals surface area contributed by atoms with E-state index in [9.17, 15) is 4.79 Å². The van der Waals surface area contributed by atoms with Gasteiger partial charge in [0.25, 0.3) is 0 Å². The maximum Gasteiger partial charge on any atom is 0.220 e. The van der Waals surface area contributed by atoms with Crippen LogP contribution in [0.3, 0.4) is 0 Å². The summed E-state index contributed by atoms with van der Waals surface area (Å²) >= 11 is 0. The van der Waals surface area contributed by atoms with Crippen LogP contribution in [0.15, 0.2) is 12.3 Å². The van der Waals surface area contributed by atoms with Gasteiger partial charge in [-0.2, -0.15) is 0 Å². The molecule has 0 saturated heterocycles. The molecule has 58 valence electrons. The lowest BCUT2D eigenvalue weighted by atomic mass is 10.2. The van der Waals surface area contributed by atoms with E-state index in [0.717, 1.165) is 6.42 Å². The molecule has 0 aliphatic rings. The van der Waals surface area contributed by atoms with E-state index in [1.165, 1.54) is 19.8 Å². The molecule has 0 radical (unpaired) electrons. The highest BCUT2D eigenvalue weighted by molar-refractivity contribution is 5.73. The Balaban J connectivity index is 3.12. The summed E-state index contributed by atoms with van der Waals surface area (Å²) in [7, 11) is 0. The fraction of sp³-hybridized carbons (Fsp3) is 0.625. The molecule has 0 aromatic rings. The molecule has 0 bridgehead atoms. The van der Waals surface area contributed by atoms with Gasteiger partial charge in [-0.1, -0.05) is 25.8 Å². The summed E-state index contributed by atoms with van der Waals surface area (Å²) in [6, 6.07) is 0. The van der Waals surface area contributed by atoms with Crippen LogP contribution < -0.4 is 5.32 Å². The number of carbonyl (C=O) groups excluding carboxylic acids is 1. The average Bonchev–Trinajstić information content (AvgIpc) is 1.87. The van der Waals surface area contributed by atoms with Crippen LogP contribution in [0.2, 0.25) is 0 Å². The first kappa shape index (κ1) is 9.21. The molecule has 0 fully saturated rings. The van der Waals surface area contributed by atoms with Crippen molar-refractivity contribution in [2.75, 3.05) is 0 Å². The lowest BCUT2D eigenvalue weighted by molar-refractivity contribution is -0.118. The van der Waals surface area contributed by atoms with E-state index in [2.05, 4.69) is 12.2 Å². The van der Waals surface area contributed by atoms with Crippen molar-refractivity contribution >= 4 is 5.91 Å². The molecule has 0 heterocycles. The fourth-order valence-electron chi connectivity index (χ4n) is 0.582. The Kier molecular flexibility index (Phi) is 5.83. The number of amides is 1. The van der Waals surface area contributed by atoms with E-state index in [4.69, 9.17) is 0 Å². The second-order valence-electron chi connectivity index (χ2n) is 2.25. The van der Waals surface area contributed by atoms with Crippen LogP contribution in [0.4, 0.5) is 0 Å². The van der Waals surface area contributed by atoms with Gasteiger partial charge < -0.3 is 5.32 Å². The van der Waals surface area contributed by atoms with Gasteiger partial charge >= 0.3 is 0 Å². The highest BCUT2D eigenvalue weighted by atomic mass is 16.1. The monoisotopic (exact) mass is 141 g/mol. The Labute approximate surface area is 62.3 Å². The lowest BCUT2D eigenvalue weighted by Gasteiger charge is -1.90. The lowest BCUT2D eigenvalue weighted by Crippen LogP contribution is -2.11. The zero-order valence-corrected chi connectivity index (χ0v) is 6.68. The van der Waals surface area contributed by atoms with E-state index < -0.39 is 0 Å². The van der Waals surface area contributed by atoms with Crippen LogP contribution in [0.5, 0.6) is 0 Å². The van der Waals surface area contributed by atoms with Crippen LogP contribution in [0.1, 0.15) is 33.1 Å². The third-order valence-electron chi connectivity index (χ3n) is 1.13. The molecule has 10 heavy (non-hydrogen) atoms. The SMILES string of the molecule is CCCCC=CNC(C)=O. The van der Waals surface area contributed by atoms with E-state index in [1.807, 2.05) is 6.08 Å². The van der Waals surface area contributed by atoms with E-state index in [1.54, 1.807) is 6.20 Å². The van der Waals surface area contributed by atoms with Gasteiger partial charge in [-0.05, 0) is 12.6 Å². The van der Waals surface area contributed by atoms with E-state index in [0.29, 0.717) is 0 Å². The molecule has 0 aromatic carbocycles. The van der Waals surface area contributed by atoms with Gasteiger partial charge in [-0.3, -0.25) is 4.79 Å². The van der Waals surface area contributed by atoms with Crippen molar-refractivity contribution in [1.29, 1.82) is 0 Å². The Morgan fingerprint density at radius 3 is 2.80 bits per heavy atom. The zero-order chi connectivity index (χ0) is 7.82. The summed E-state index contributed by atoms with van der Waals surface area (Å²) in [5.74, 6) is -0.00671. The molecule has 2 nitrogen and oxygen atoms in total. The van der Waals surface area contributed by atoms with Gasteiger partial charge in [0, 0.05) is 6.92 Å². The number of carbonyl (C=O) groups is 1. The summed E-state index contributed by atoms with van der Waals surface area (Å²) in [5, 5.41) is 2.58. The molecule has 0 aromatic heterocycles. The molecule has 2 heteroatoms. The molecule has 1 amide bonds. The molecule has 0 spiro atoms. The smallest absolute Gasteiger partial charge is 0.220 e. The van der Waals surface area contributed by atoms with Crippen molar-refractivity contribution in [3.63, 3.8) is 0 Å². The average molecular weight is 141 g/mol. The van der Waals surface area contributed by atoms with Crippen molar-refractivity contribution in [1.82, 2.24) is 5.32 Å². The molecule has 0 saturated carbocycles. The van der Waals surface area contributed by atoms with Gasteiger partial charge in [0.15, 0.2) is 0 Å². The van der Waals surface area contributed by atoms with Gasteiger partial charge in [0.2, 0.25) is 5.91 Å². The van der Waals surface area contributed by atoms with Crippen LogP contribution in [-0.4, -0.2) is 5.91 Å². The van der Waals surface area contributed by atoms with Crippen molar-refractivity contribution in [2.45, 2.75) is 33.1 Å². The van der Waals surface area contributed by atoms with Gasteiger partial charge in [0.1, 0.15) is 0 Å². The maximum atomic E-state index is 10.3. The number of unbranched alkanes of at least 4 members (excludes halogenated alkanes) is 2. The number of hydrogen-bond acceptors (Lipinski definition) is 1. The summed E-state index contributed by atoms with van der Waals surface area (Å²) in [4.78, 5) is 10.3. The second-order valence-corrected chi connectivity index (χ2v) is 2.25. The number of rotatable bonds is 4. The summed E-state index contributed by atoms with van der Waals surface area (Å²) in [6.45, 7) is 3.65. The van der Waals surface area contributed by atoms with Crippen molar-refractivity contribution in [3.05, 3.63) is 12.3 Å². The Morgan fingerprint density at radius 2 is 2.30 bits per heavy atom. The molecular weight excluding hydrogens is 126 g/mol. The fourth-order valence-corrected chi connectivity index (χ4v) is 0.582. The summed E-state index contributed by atoms with van der Waals surface area (Å²) in [6.07, 6.45) is 7.13. The highest BCUT2D eigenvalue weighted by Crippen LogP contribution is 1.93. The molecule has 0 aliphatic carbocycles. The third kappa shape index (κ3) is 7.21. The van der Waals surface area contributed by atoms with Crippen molar-refractivity contribution in [3.8, 4) is 0 Å². The normalized spacial score (nSPS) is 10.2. The third-order valence-corrected chi connectivity index (χ3v) is 1.13. The topological polar surface area (TPSA) is 29.1 Å². The van der Waals surface area contributed by atoms with Crippen LogP contribution in [-0.2, 0) is 4.79 Å². The quantitative estimate of drug-likeness (QED) is 0.594. The van der Waals surface area contributed by atoms with Gasteiger partial charge in [0.05, 0.1) is 0 Å². The maximum absolute atomic E-state index is 10.3. The molecule has 0 aliphatic heterocycles. The first-order valence-electron chi connectivity index (χ1n) is 3.69. The Morgan fingerprint density at radius 1 is 1.60 bits per heavy atom. The largest absolute Gasteiger partial charge is 0.333 e. The van der Waals surface area contributed by atoms with E-state index in [-0.39, 0.29) is 5.91 Å². The predicted molar refractivity (Wildman–Crippen MR) is 42.5 cm³/mol. The van der Waals surface area contributed by atoms with Crippen LogP contribution in [0, 0.1) is 0 Å². The Bertz CT molecular complexity index is 118. The molecule has 0 rings (SSSR count). The second kappa shape index (κ2) is 6.33. The molecular formula is C8H15NO. The summed E-state index contributed by atoms with van der Waals surface area (Å²) < 4.78 is 0. The Hall–Kier alpha value is -0.790. The molecule has 0 atom stereocenters. The zero-order valence-electron chi connectivity index (χ0n) is 6.68. The predicted octanol–water partition coefficient (Wildman–Crippen LogP) is 1.83. The van der Waals surface area contributed by atoms with Crippen molar-refractivity contribution in [2.24, 2.45) is 0 Å². The number of hydrogen-bond donors (Lipinski definition) is 1. The highest BCUT2D eigenvalue weighted by Gasteiger charge is 1.81. The first-order valence-corrected chi connectivity index (χ1v) is 3.69. The first-order chi connectivity index (χ1) is 4.77. The van der Waals surface area contributed by atoms with Crippen LogP contribution >= 0.6 is 0 Å². The number of allylic oxidation sites excluding steroid dienone is 1. The minimum absolute atomic E-state index is 0.00671. The standard InChI is InChI=1S/C8H15NO/c1-3-4-5-6-7-9-8(2)10/h6-7H,3-5H2,1-2H3,(H,9,10). The minimum Gasteiger partial charge on any atom is -0.333 e.